The lowest BCUT2D eigenvalue weighted by Gasteiger charge is -2.39. The maximum absolute atomic E-state index is 5.51. The number of piperazine rings is 1. The third-order valence-corrected chi connectivity index (χ3v) is 3.44. The van der Waals surface area contributed by atoms with Gasteiger partial charge in [-0.25, -0.2) is 0 Å². The molecule has 2 aliphatic rings. The molecule has 2 fully saturated rings. The molecule has 0 bridgehead atoms. The zero-order chi connectivity index (χ0) is 9.80. The smallest absolute Gasteiger partial charge is 0.0480 e. The van der Waals surface area contributed by atoms with E-state index in [9.17, 15) is 0 Å². The summed E-state index contributed by atoms with van der Waals surface area (Å²) in [5.41, 5.74) is 0. The van der Waals surface area contributed by atoms with Gasteiger partial charge in [-0.2, -0.15) is 0 Å². The van der Waals surface area contributed by atoms with Crippen LogP contribution >= 0.6 is 12.4 Å². The van der Waals surface area contributed by atoms with Crippen molar-refractivity contribution in [3.05, 3.63) is 0 Å². The van der Waals surface area contributed by atoms with Gasteiger partial charge in [0.1, 0.15) is 0 Å². The Bertz CT molecular complexity index is 172. The number of nitrogens with one attached hydrogen (secondary N) is 1. The topological polar surface area (TPSA) is 24.5 Å². The van der Waals surface area contributed by atoms with E-state index >= 15 is 0 Å². The van der Waals surface area contributed by atoms with Crippen LogP contribution in [-0.2, 0) is 4.74 Å². The molecule has 0 spiro atoms. The average molecular weight is 235 g/mol. The second kappa shape index (κ2) is 6.69. The number of rotatable bonds is 1. The second-order valence-electron chi connectivity index (χ2n) is 4.49. The molecule has 90 valence electrons. The van der Waals surface area contributed by atoms with Gasteiger partial charge in [-0.3, -0.25) is 4.90 Å². The molecular weight excluding hydrogens is 212 g/mol. The van der Waals surface area contributed by atoms with Crippen molar-refractivity contribution in [2.75, 3.05) is 32.8 Å². The van der Waals surface area contributed by atoms with Crippen LogP contribution in [0.4, 0.5) is 0 Å². The fourth-order valence-electron chi connectivity index (χ4n) is 2.62. The molecule has 2 rings (SSSR count). The summed E-state index contributed by atoms with van der Waals surface area (Å²) in [6.45, 7) is 7.78. The van der Waals surface area contributed by atoms with E-state index in [0.29, 0.717) is 6.04 Å². The molecule has 0 aromatic heterocycles. The lowest BCUT2D eigenvalue weighted by molar-refractivity contribution is 0.0941. The molecule has 3 nitrogen and oxygen atoms in total. The van der Waals surface area contributed by atoms with Crippen molar-refractivity contribution >= 4 is 12.4 Å². The van der Waals surface area contributed by atoms with Gasteiger partial charge in [-0.1, -0.05) is 0 Å². The minimum atomic E-state index is 0. The quantitative estimate of drug-likeness (QED) is 0.740. The SMILES string of the molecule is C[C@H]1CNCCN1C1CCCOCC1.Cl. The van der Waals surface area contributed by atoms with Gasteiger partial charge in [0.05, 0.1) is 0 Å². The van der Waals surface area contributed by atoms with Crippen LogP contribution < -0.4 is 5.32 Å². The first kappa shape index (κ1) is 13.2. The van der Waals surface area contributed by atoms with Gasteiger partial charge in [0.25, 0.3) is 0 Å². The summed E-state index contributed by atoms with van der Waals surface area (Å²) in [5.74, 6) is 0. The van der Waals surface area contributed by atoms with Crippen LogP contribution in [0.15, 0.2) is 0 Å². The molecule has 2 atom stereocenters. The van der Waals surface area contributed by atoms with Crippen molar-refractivity contribution in [1.29, 1.82) is 0 Å². The molecular formula is C11H23ClN2O. The van der Waals surface area contributed by atoms with E-state index < -0.39 is 0 Å². The van der Waals surface area contributed by atoms with Gasteiger partial charge < -0.3 is 10.1 Å². The van der Waals surface area contributed by atoms with E-state index in [4.69, 9.17) is 4.74 Å². The lowest BCUT2D eigenvalue weighted by Crippen LogP contribution is -2.53. The lowest BCUT2D eigenvalue weighted by atomic mass is 10.0. The predicted octanol–water partition coefficient (Wildman–Crippen LogP) is 1.27. The van der Waals surface area contributed by atoms with Crippen LogP contribution in [0.5, 0.6) is 0 Å². The number of hydrogen-bond acceptors (Lipinski definition) is 3. The van der Waals surface area contributed by atoms with Crippen LogP contribution in [0.2, 0.25) is 0 Å². The van der Waals surface area contributed by atoms with E-state index in [1.54, 1.807) is 0 Å². The number of nitrogens with zero attached hydrogens (tertiary/aromatic N) is 1. The highest BCUT2D eigenvalue weighted by atomic mass is 35.5. The Kier molecular flexibility index (Phi) is 5.90. The van der Waals surface area contributed by atoms with E-state index in [1.807, 2.05) is 0 Å². The highest BCUT2D eigenvalue weighted by Gasteiger charge is 2.26. The highest BCUT2D eigenvalue weighted by Crippen LogP contribution is 2.18. The van der Waals surface area contributed by atoms with Crippen molar-refractivity contribution in [1.82, 2.24) is 10.2 Å². The predicted molar refractivity (Wildman–Crippen MR) is 64.7 cm³/mol. The van der Waals surface area contributed by atoms with Crippen molar-refractivity contribution in [2.24, 2.45) is 0 Å². The molecule has 1 unspecified atom stereocenters. The second-order valence-corrected chi connectivity index (χ2v) is 4.49. The monoisotopic (exact) mass is 234 g/mol. The summed E-state index contributed by atoms with van der Waals surface area (Å²) < 4.78 is 5.51. The molecule has 0 aromatic rings. The fraction of sp³-hybridized carbons (Fsp3) is 1.00. The summed E-state index contributed by atoms with van der Waals surface area (Å²) in [6, 6.07) is 1.47. The molecule has 2 aliphatic heterocycles. The minimum absolute atomic E-state index is 0. The van der Waals surface area contributed by atoms with Gasteiger partial charge in [0.2, 0.25) is 0 Å². The van der Waals surface area contributed by atoms with Gasteiger partial charge in [0.15, 0.2) is 0 Å². The van der Waals surface area contributed by atoms with Gasteiger partial charge >= 0.3 is 0 Å². The van der Waals surface area contributed by atoms with E-state index in [0.717, 1.165) is 32.3 Å². The molecule has 0 aromatic carbocycles. The summed E-state index contributed by atoms with van der Waals surface area (Å²) in [5, 5.41) is 3.45. The number of halogens is 1. The average Bonchev–Trinajstić information content (AvgIpc) is 2.47. The van der Waals surface area contributed by atoms with Crippen molar-refractivity contribution in [2.45, 2.75) is 38.3 Å². The van der Waals surface area contributed by atoms with Crippen LogP contribution in [-0.4, -0.2) is 49.8 Å². The van der Waals surface area contributed by atoms with Gasteiger partial charge in [0, 0.05) is 44.9 Å². The fourth-order valence-corrected chi connectivity index (χ4v) is 2.62. The first-order chi connectivity index (χ1) is 6.88. The van der Waals surface area contributed by atoms with E-state index in [2.05, 4.69) is 17.1 Å². The maximum Gasteiger partial charge on any atom is 0.0480 e. The normalized spacial score (nSPS) is 34.2. The summed E-state index contributed by atoms with van der Waals surface area (Å²) in [4.78, 5) is 2.67. The van der Waals surface area contributed by atoms with Crippen LogP contribution in [0.3, 0.4) is 0 Å². The summed E-state index contributed by atoms with van der Waals surface area (Å²) in [7, 11) is 0. The molecule has 2 saturated heterocycles. The first-order valence-electron chi connectivity index (χ1n) is 5.92. The molecule has 2 heterocycles. The van der Waals surface area contributed by atoms with E-state index in [-0.39, 0.29) is 12.4 Å². The van der Waals surface area contributed by atoms with Crippen LogP contribution in [0.1, 0.15) is 26.2 Å². The largest absolute Gasteiger partial charge is 0.381 e. The van der Waals surface area contributed by atoms with Gasteiger partial charge in [-0.15, -0.1) is 12.4 Å². The maximum atomic E-state index is 5.51. The number of hydrogen-bond donors (Lipinski definition) is 1. The zero-order valence-electron chi connectivity index (χ0n) is 9.58. The van der Waals surface area contributed by atoms with E-state index in [1.165, 1.54) is 25.8 Å². The molecule has 0 amide bonds. The third kappa shape index (κ3) is 3.59. The molecule has 0 radical (unpaired) electrons. The molecule has 0 saturated carbocycles. The Morgan fingerprint density at radius 1 is 1.27 bits per heavy atom. The Hall–Kier alpha value is 0.170. The number of ether oxygens (including phenoxy) is 1. The van der Waals surface area contributed by atoms with Crippen molar-refractivity contribution in [3.63, 3.8) is 0 Å². The first-order valence-corrected chi connectivity index (χ1v) is 5.92. The molecule has 1 N–H and O–H groups in total. The standard InChI is InChI=1S/C11H22N2O.ClH/c1-10-9-12-5-6-13(10)11-3-2-7-14-8-4-11;/h10-12H,2-9H2,1H3;1H/t10-,11?;/m0./s1. The molecule has 15 heavy (non-hydrogen) atoms. The molecule has 4 heteroatoms. The van der Waals surface area contributed by atoms with Crippen molar-refractivity contribution < 1.29 is 4.74 Å². The van der Waals surface area contributed by atoms with Crippen LogP contribution in [0.25, 0.3) is 0 Å². The Balaban J connectivity index is 0.00000112. The Labute approximate surface area is 99.0 Å². The minimum Gasteiger partial charge on any atom is -0.381 e. The van der Waals surface area contributed by atoms with Crippen molar-refractivity contribution in [3.8, 4) is 0 Å². The third-order valence-electron chi connectivity index (χ3n) is 3.44. The summed E-state index contributed by atoms with van der Waals surface area (Å²) in [6.07, 6.45) is 3.79. The zero-order valence-corrected chi connectivity index (χ0v) is 10.4. The van der Waals surface area contributed by atoms with Crippen LogP contribution in [0, 0.1) is 0 Å². The highest BCUT2D eigenvalue weighted by molar-refractivity contribution is 5.85. The Morgan fingerprint density at radius 3 is 2.93 bits per heavy atom. The Morgan fingerprint density at radius 2 is 2.13 bits per heavy atom. The van der Waals surface area contributed by atoms with Gasteiger partial charge in [-0.05, 0) is 26.2 Å². The summed E-state index contributed by atoms with van der Waals surface area (Å²) >= 11 is 0. The molecule has 0 aliphatic carbocycles.